The van der Waals surface area contributed by atoms with Crippen molar-refractivity contribution in [1.29, 1.82) is 0 Å². The summed E-state index contributed by atoms with van der Waals surface area (Å²) in [7, 11) is 0. The molecule has 21 heavy (non-hydrogen) atoms. The highest BCUT2D eigenvalue weighted by Crippen LogP contribution is 2.26. The highest BCUT2D eigenvalue weighted by Gasteiger charge is 2.04. The van der Waals surface area contributed by atoms with Gasteiger partial charge in [0.15, 0.2) is 0 Å². The van der Waals surface area contributed by atoms with E-state index in [1.54, 1.807) is 0 Å². The summed E-state index contributed by atoms with van der Waals surface area (Å²) in [6, 6.07) is 5.67. The lowest BCUT2D eigenvalue weighted by Gasteiger charge is -2.05. The number of aromatic nitrogens is 2. The van der Waals surface area contributed by atoms with E-state index in [1.807, 2.05) is 24.4 Å². The number of allylic oxidation sites excluding steroid dienone is 1. The van der Waals surface area contributed by atoms with Crippen LogP contribution in [-0.2, 0) is 12.8 Å². The van der Waals surface area contributed by atoms with Crippen molar-refractivity contribution in [3.05, 3.63) is 57.6 Å². The summed E-state index contributed by atoms with van der Waals surface area (Å²) in [6.45, 7) is 2.09. The first kappa shape index (κ1) is 16.1. The van der Waals surface area contributed by atoms with Gasteiger partial charge in [-0.15, -0.1) is 0 Å². The Hall–Kier alpha value is -1.25. The average Bonchev–Trinajstić information content (AvgIpc) is 2.93. The van der Waals surface area contributed by atoms with Gasteiger partial charge in [-0.2, -0.15) is 0 Å². The van der Waals surface area contributed by atoms with Crippen LogP contribution in [0.1, 0.15) is 43.3 Å². The van der Waals surface area contributed by atoms with Crippen LogP contribution in [0.4, 0.5) is 0 Å². The maximum atomic E-state index is 6.16. The van der Waals surface area contributed by atoms with Crippen molar-refractivity contribution in [2.45, 2.75) is 39.0 Å². The van der Waals surface area contributed by atoms with Crippen LogP contribution in [0.5, 0.6) is 0 Å². The zero-order chi connectivity index (χ0) is 15.1. The minimum atomic E-state index is 0.766. The summed E-state index contributed by atoms with van der Waals surface area (Å²) in [6.07, 6.45) is 11.3. The van der Waals surface area contributed by atoms with Crippen LogP contribution >= 0.6 is 23.2 Å². The molecule has 1 aromatic carbocycles. The number of benzene rings is 1. The summed E-state index contributed by atoms with van der Waals surface area (Å²) < 4.78 is 0. The maximum absolute atomic E-state index is 6.16. The molecule has 0 saturated carbocycles. The van der Waals surface area contributed by atoms with Crippen molar-refractivity contribution in [1.82, 2.24) is 9.97 Å². The van der Waals surface area contributed by atoms with Gasteiger partial charge in [0.05, 0.1) is 11.9 Å². The maximum Gasteiger partial charge on any atom is 0.106 e. The summed E-state index contributed by atoms with van der Waals surface area (Å²) in [5, 5.41) is 1.53. The Kier molecular flexibility index (Phi) is 6.34. The molecule has 0 bridgehead atoms. The second kappa shape index (κ2) is 8.26. The van der Waals surface area contributed by atoms with E-state index < -0.39 is 0 Å². The van der Waals surface area contributed by atoms with Crippen LogP contribution in [0.3, 0.4) is 0 Å². The molecule has 0 aliphatic carbocycles. The largest absolute Gasteiger partial charge is 0.343 e. The van der Waals surface area contributed by atoms with Crippen LogP contribution in [0.15, 0.2) is 30.5 Å². The van der Waals surface area contributed by atoms with Gasteiger partial charge in [-0.25, -0.2) is 4.98 Å². The topological polar surface area (TPSA) is 28.7 Å². The fourth-order valence-electron chi connectivity index (χ4n) is 2.19. The number of imidazole rings is 1. The second-order valence-corrected chi connectivity index (χ2v) is 5.80. The van der Waals surface area contributed by atoms with Gasteiger partial charge in [-0.05, 0) is 49.5 Å². The normalized spacial score (nSPS) is 11.4. The van der Waals surface area contributed by atoms with Crippen LogP contribution in [0.25, 0.3) is 6.08 Å². The molecule has 0 amide bonds. The first-order valence-corrected chi connectivity index (χ1v) is 8.09. The molecule has 0 saturated heterocycles. The van der Waals surface area contributed by atoms with Crippen molar-refractivity contribution in [3.63, 3.8) is 0 Å². The quantitative estimate of drug-likeness (QED) is 0.650. The summed E-state index contributed by atoms with van der Waals surface area (Å²) >= 11 is 12.3. The number of halogens is 2. The number of rotatable bonds is 7. The van der Waals surface area contributed by atoms with Crippen molar-refractivity contribution in [2.24, 2.45) is 0 Å². The summed E-state index contributed by atoms with van der Waals surface area (Å²) in [5.74, 6) is 1.03. The van der Waals surface area contributed by atoms with Crippen molar-refractivity contribution in [2.75, 3.05) is 0 Å². The Morgan fingerprint density at radius 3 is 2.62 bits per heavy atom. The van der Waals surface area contributed by atoms with E-state index >= 15 is 0 Å². The molecule has 1 heterocycles. The standard InChI is InChI=1S/C17H20Cl2N2/c1-2-17-20-12-13(21-17)8-5-3-4-6-9-14-15(18)10-7-11-16(14)19/h5,7-8,10-12H,2-4,6,9H2,1H3,(H,20,21). The van der Waals surface area contributed by atoms with E-state index in [0.29, 0.717) is 0 Å². The molecule has 0 radical (unpaired) electrons. The van der Waals surface area contributed by atoms with E-state index in [0.717, 1.165) is 59.2 Å². The number of H-pyrrole nitrogens is 1. The van der Waals surface area contributed by atoms with Crippen molar-refractivity contribution in [3.8, 4) is 0 Å². The van der Waals surface area contributed by atoms with E-state index in [-0.39, 0.29) is 0 Å². The lowest BCUT2D eigenvalue weighted by molar-refractivity contribution is 0.749. The SMILES string of the molecule is CCc1ncc(C=CCCCCc2c(Cl)cccc2Cl)[nH]1. The molecule has 2 aromatic rings. The third-order valence-corrected chi connectivity index (χ3v) is 4.10. The minimum absolute atomic E-state index is 0.766. The fourth-order valence-corrected chi connectivity index (χ4v) is 2.77. The monoisotopic (exact) mass is 322 g/mol. The van der Waals surface area contributed by atoms with Gasteiger partial charge < -0.3 is 4.98 Å². The molecule has 0 aliphatic heterocycles. The van der Waals surface area contributed by atoms with Gasteiger partial charge in [0.25, 0.3) is 0 Å². The molecule has 0 fully saturated rings. The fraction of sp³-hybridized carbons (Fsp3) is 0.353. The molecule has 1 N–H and O–H groups in total. The highest BCUT2D eigenvalue weighted by molar-refractivity contribution is 6.35. The Morgan fingerprint density at radius 2 is 1.95 bits per heavy atom. The number of unbranched alkanes of at least 4 members (excludes halogenated alkanes) is 2. The van der Waals surface area contributed by atoms with E-state index in [1.165, 1.54) is 0 Å². The number of aromatic amines is 1. The molecule has 2 nitrogen and oxygen atoms in total. The Balaban J connectivity index is 1.72. The first-order valence-electron chi connectivity index (χ1n) is 7.34. The number of aryl methyl sites for hydroxylation is 1. The Morgan fingerprint density at radius 1 is 1.19 bits per heavy atom. The number of hydrogen-bond donors (Lipinski definition) is 1. The molecule has 0 atom stereocenters. The predicted molar refractivity (Wildman–Crippen MR) is 91.0 cm³/mol. The zero-order valence-corrected chi connectivity index (χ0v) is 13.7. The van der Waals surface area contributed by atoms with Crippen LogP contribution in [-0.4, -0.2) is 9.97 Å². The Labute approximate surface area is 136 Å². The minimum Gasteiger partial charge on any atom is -0.343 e. The number of hydrogen-bond acceptors (Lipinski definition) is 1. The summed E-state index contributed by atoms with van der Waals surface area (Å²) in [4.78, 5) is 7.53. The molecule has 1 aromatic heterocycles. The predicted octanol–water partition coefficient (Wildman–Crippen LogP) is 5.71. The van der Waals surface area contributed by atoms with E-state index in [2.05, 4.69) is 29.0 Å². The average molecular weight is 323 g/mol. The smallest absolute Gasteiger partial charge is 0.106 e. The highest BCUT2D eigenvalue weighted by atomic mass is 35.5. The first-order chi connectivity index (χ1) is 10.2. The third-order valence-electron chi connectivity index (χ3n) is 3.39. The molecule has 2 rings (SSSR count). The Bertz CT molecular complexity index is 582. The molecular formula is C17H20Cl2N2. The van der Waals surface area contributed by atoms with Gasteiger partial charge in [0.2, 0.25) is 0 Å². The molecule has 4 heteroatoms. The number of nitrogens with zero attached hydrogens (tertiary/aromatic N) is 1. The van der Waals surface area contributed by atoms with Gasteiger partial charge in [0, 0.05) is 16.5 Å². The zero-order valence-electron chi connectivity index (χ0n) is 12.2. The van der Waals surface area contributed by atoms with Gasteiger partial charge >= 0.3 is 0 Å². The second-order valence-electron chi connectivity index (χ2n) is 4.99. The lowest BCUT2D eigenvalue weighted by Crippen LogP contribution is -1.88. The van der Waals surface area contributed by atoms with Gasteiger partial charge in [0.1, 0.15) is 5.82 Å². The molecule has 0 aliphatic rings. The molecule has 0 unspecified atom stereocenters. The third kappa shape index (κ3) is 4.90. The van der Waals surface area contributed by atoms with E-state index in [4.69, 9.17) is 23.2 Å². The van der Waals surface area contributed by atoms with Crippen LogP contribution in [0.2, 0.25) is 10.0 Å². The lowest BCUT2D eigenvalue weighted by atomic mass is 10.1. The molecule has 0 spiro atoms. The van der Waals surface area contributed by atoms with Gasteiger partial charge in [-0.3, -0.25) is 0 Å². The summed E-state index contributed by atoms with van der Waals surface area (Å²) in [5.41, 5.74) is 2.13. The van der Waals surface area contributed by atoms with Gasteiger partial charge in [-0.1, -0.05) is 42.3 Å². The molecular weight excluding hydrogens is 303 g/mol. The van der Waals surface area contributed by atoms with Crippen LogP contribution in [0, 0.1) is 0 Å². The van der Waals surface area contributed by atoms with E-state index in [9.17, 15) is 0 Å². The molecule has 112 valence electrons. The van der Waals surface area contributed by atoms with Crippen molar-refractivity contribution < 1.29 is 0 Å². The van der Waals surface area contributed by atoms with Crippen molar-refractivity contribution >= 4 is 29.3 Å². The number of nitrogens with one attached hydrogen (secondary N) is 1. The van der Waals surface area contributed by atoms with Crippen LogP contribution < -0.4 is 0 Å².